The van der Waals surface area contributed by atoms with Gasteiger partial charge in [0, 0.05) is 0 Å². The van der Waals surface area contributed by atoms with Gasteiger partial charge in [0.05, 0.1) is 0 Å². The molecule has 0 spiro atoms. The van der Waals surface area contributed by atoms with Crippen LogP contribution in [0.4, 0.5) is 0 Å². The number of hydrogen-bond donors (Lipinski definition) is 2. The van der Waals surface area contributed by atoms with Gasteiger partial charge in [0.15, 0.2) is 0 Å². The van der Waals surface area contributed by atoms with Crippen molar-refractivity contribution in [2.75, 3.05) is 0 Å². The summed E-state index contributed by atoms with van der Waals surface area (Å²) < 4.78 is 2.06. The third kappa shape index (κ3) is 10.9. The predicted octanol–water partition coefficient (Wildman–Crippen LogP) is 8.77. The molecule has 0 saturated carbocycles. The van der Waals surface area contributed by atoms with Crippen molar-refractivity contribution in [3.05, 3.63) is 101 Å². The first-order chi connectivity index (χ1) is 16.7. The van der Waals surface area contributed by atoms with E-state index in [1.54, 1.807) is 12.1 Å². The van der Waals surface area contributed by atoms with Gasteiger partial charge >= 0.3 is 82.3 Å². The molecule has 0 aliphatic rings. The van der Waals surface area contributed by atoms with Gasteiger partial charge < -0.3 is 10.2 Å². The van der Waals surface area contributed by atoms with Crippen LogP contribution in [0.5, 0.6) is 11.5 Å². The Hall–Kier alpha value is -2.17. The summed E-state index contributed by atoms with van der Waals surface area (Å²) in [5, 5.41) is 20.3. The number of phenolic OH excluding ortho intramolecular Hbond substituents is 2. The Balaban J connectivity index is 0.000000527. The molecule has 6 heteroatoms. The van der Waals surface area contributed by atoms with E-state index >= 15 is 0 Å². The molecule has 3 aromatic carbocycles. The number of fused-ring (bicyclic) bond motifs is 1. The van der Waals surface area contributed by atoms with E-state index in [1.807, 2.05) is 82.5 Å². The minimum atomic E-state index is 0. The summed E-state index contributed by atoms with van der Waals surface area (Å²) in [6.07, 6.45) is 1.89. The SMILES string of the molecule is Cc1ccc(O)c(C(C)(C)C)c1.Cc1ccc(O)c(C(C)(C)C)c1.Cl.Cl.[Ti]=[CH]c1cnc2ccccc2c1. The summed E-state index contributed by atoms with van der Waals surface area (Å²) >= 11 is 2.02. The number of rotatable bonds is 1. The van der Waals surface area contributed by atoms with E-state index in [4.69, 9.17) is 0 Å². The average molecular weight is 590 g/mol. The fourth-order valence-corrected chi connectivity index (χ4v) is 3.91. The molecule has 3 nitrogen and oxygen atoms in total. The molecule has 4 rings (SSSR count). The first kappa shape index (κ1) is 35.8. The van der Waals surface area contributed by atoms with Crippen LogP contribution >= 0.6 is 24.8 Å². The third-order valence-corrected chi connectivity index (χ3v) is 6.22. The molecule has 0 aliphatic heterocycles. The van der Waals surface area contributed by atoms with Crippen LogP contribution in [0.1, 0.15) is 69.4 Å². The summed E-state index contributed by atoms with van der Waals surface area (Å²) in [4.78, 5) is 4.32. The number of halogens is 2. The molecular formula is C32H41Cl2NO2Ti. The van der Waals surface area contributed by atoms with Gasteiger partial charge in [-0.2, -0.15) is 0 Å². The van der Waals surface area contributed by atoms with Gasteiger partial charge in [-0.1, -0.05) is 76.9 Å². The molecule has 0 fully saturated rings. The molecule has 0 radical (unpaired) electrons. The van der Waals surface area contributed by atoms with Gasteiger partial charge in [0.1, 0.15) is 11.5 Å². The standard InChI is InChI=1S/2C11H16O.C10H7N.2ClH.Ti/c2*1-8-5-6-10(12)9(7-8)11(2,3)4;1-8-6-9-4-2-3-5-10(9)11-7-8;;;/h2*5-7,12H,1-4H3;1-7H;2*1H;. The van der Waals surface area contributed by atoms with Gasteiger partial charge in [0.2, 0.25) is 0 Å². The van der Waals surface area contributed by atoms with E-state index in [0.717, 1.165) is 16.6 Å². The minimum absolute atomic E-state index is 0. The summed E-state index contributed by atoms with van der Waals surface area (Å²) in [5.41, 5.74) is 6.70. The van der Waals surface area contributed by atoms with Gasteiger partial charge in [-0.3, -0.25) is 0 Å². The second-order valence-electron chi connectivity index (χ2n) is 11.1. The summed E-state index contributed by atoms with van der Waals surface area (Å²) in [6.45, 7) is 16.7. The summed E-state index contributed by atoms with van der Waals surface area (Å²) in [7, 11) is 0. The zero-order chi connectivity index (χ0) is 27.1. The Morgan fingerprint density at radius 2 is 1.13 bits per heavy atom. The average Bonchev–Trinajstić information content (AvgIpc) is 2.81. The molecule has 1 aromatic heterocycles. The van der Waals surface area contributed by atoms with Crippen LogP contribution in [0.15, 0.2) is 72.9 Å². The maximum atomic E-state index is 9.57. The molecule has 204 valence electrons. The zero-order valence-electron chi connectivity index (χ0n) is 23.7. The number of aryl methyl sites for hydroxylation is 2. The van der Waals surface area contributed by atoms with Gasteiger partial charge in [-0.15, -0.1) is 24.8 Å². The number of aromatic hydroxyl groups is 2. The summed E-state index contributed by atoms with van der Waals surface area (Å²) in [6, 6.07) is 21.7. The van der Waals surface area contributed by atoms with Crippen molar-refractivity contribution in [2.24, 2.45) is 0 Å². The maximum absolute atomic E-state index is 9.57. The molecule has 2 N–H and O–H groups in total. The number of hydrogen-bond acceptors (Lipinski definition) is 3. The third-order valence-electron chi connectivity index (χ3n) is 5.70. The van der Waals surface area contributed by atoms with E-state index in [1.165, 1.54) is 22.1 Å². The Labute approximate surface area is 252 Å². The van der Waals surface area contributed by atoms with Crippen molar-refractivity contribution < 1.29 is 30.2 Å². The summed E-state index contributed by atoms with van der Waals surface area (Å²) in [5.74, 6) is 0.793. The Bertz CT molecular complexity index is 1260. The number of phenols is 2. The van der Waals surface area contributed by atoms with Crippen molar-refractivity contribution in [3.63, 3.8) is 0 Å². The van der Waals surface area contributed by atoms with Crippen molar-refractivity contribution in [1.82, 2.24) is 4.98 Å². The topological polar surface area (TPSA) is 53.4 Å². The molecule has 0 bridgehead atoms. The molecule has 0 aliphatic carbocycles. The van der Waals surface area contributed by atoms with Crippen LogP contribution in [0.25, 0.3) is 10.9 Å². The van der Waals surface area contributed by atoms with Crippen LogP contribution in [0, 0.1) is 13.8 Å². The number of aromatic nitrogens is 1. The predicted molar refractivity (Wildman–Crippen MR) is 164 cm³/mol. The second kappa shape index (κ2) is 15.4. The Morgan fingerprint density at radius 3 is 1.53 bits per heavy atom. The quantitative estimate of drug-likeness (QED) is 0.218. The number of para-hydroxylation sites is 1. The molecule has 0 amide bonds. The van der Waals surface area contributed by atoms with Crippen LogP contribution < -0.4 is 0 Å². The van der Waals surface area contributed by atoms with Crippen LogP contribution in [-0.4, -0.2) is 19.5 Å². The molecule has 1 heterocycles. The van der Waals surface area contributed by atoms with Crippen molar-refractivity contribution in [1.29, 1.82) is 0 Å². The number of nitrogens with zero attached hydrogens (tertiary/aromatic N) is 1. The van der Waals surface area contributed by atoms with E-state index < -0.39 is 0 Å². The van der Waals surface area contributed by atoms with E-state index in [9.17, 15) is 10.2 Å². The fourth-order valence-electron chi connectivity index (χ4n) is 3.67. The van der Waals surface area contributed by atoms with Gasteiger partial charge in [-0.05, 0) is 47.9 Å². The van der Waals surface area contributed by atoms with Crippen LogP contribution in [-0.2, 0) is 30.8 Å². The van der Waals surface area contributed by atoms with E-state index in [2.05, 4.69) is 63.0 Å². The number of pyridine rings is 1. The molecule has 0 unspecified atom stereocenters. The van der Waals surface area contributed by atoms with Gasteiger partial charge in [0.25, 0.3) is 0 Å². The Kier molecular flexibility index (Phi) is 14.6. The van der Waals surface area contributed by atoms with E-state index in [0.29, 0.717) is 11.5 Å². The first-order valence-electron chi connectivity index (χ1n) is 12.2. The van der Waals surface area contributed by atoms with Crippen molar-refractivity contribution in [2.45, 2.75) is 66.2 Å². The monoisotopic (exact) mass is 589 g/mol. The Morgan fingerprint density at radius 1 is 0.684 bits per heavy atom. The van der Waals surface area contributed by atoms with Crippen LogP contribution in [0.3, 0.4) is 0 Å². The molecule has 4 aromatic rings. The molecular weight excluding hydrogens is 549 g/mol. The molecule has 38 heavy (non-hydrogen) atoms. The zero-order valence-corrected chi connectivity index (χ0v) is 26.9. The van der Waals surface area contributed by atoms with E-state index in [-0.39, 0.29) is 35.6 Å². The van der Waals surface area contributed by atoms with Crippen molar-refractivity contribution in [3.8, 4) is 11.5 Å². The second-order valence-corrected chi connectivity index (χ2v) is 11.6. The van der Waals surface area contributed by atoms with Crippen LogP contribution in [0.2, 0.25) is 0 Å². The van der Waals surface area contributed by atoms with Crippen molar-refractivity contribution >= 4 is 40.0 Å². The normalized spacial score (nSPS) is 10.5. The fraction of sp³-hybridized carbons (Fsp3) is 0.312. The first-order valence-corrected chi connectivity index (χ1v) is 13.1. The molecule has 0 atom stereocenters. The number of benzene rings is 3. The van der Waals surface area contributed by atoms with Gasteiger partial charge in [-0.25, -0.2) is 0 Å². The molecule has 0 saturated heterocycles.